The topological polar surface area (TPSA) is 111 Å². The van der Waals surface area contributed by atoms with Crippen LogP contribution in [0.2, 0.25) is 0 Å². The zero-order valence-electron chi connectivity index (χ0n) is 18.3. The summed E-state index contributed by atoms with van der Waals surface area (Å²) in [7, 11) is -0.667. The Balaban J connectivity index is 1.67. The van der Waals surface area contributed by atoms with Crippen molar-refractivity contribution in [1.82, 2.24) is 5.32 Å². The molecule has 2 atom stereocenters. The molecule has 2 amide bonds. The molecule has 172 valence electrons. The van der Waals surface area contributed by atoms with Crippen LogP contribution >= 0.6 is 11.8 Å². The van der Waals surface area contributed by atoms with E-state index in [2.05, 4.69) is 10.6 Å². The fraction of sp³-hybridized carbons (Fsp3) is 0.364. The van der Waals surface area contributed by atoms with Crippen LogP contribution in [-0.2, 0) is 26.0 Å². The first kappa shape index (κ1) is 23.9. The van der Waals surface area contributed by atoms with Crippen molar-refractivity contribution >= 4 is 39.1 Å². The van der Waals surface area contributed by atoms with Crippen molar-refractivity contribution in [3.63, 3.8) is 0 Å². The first-order chi connectivity index (χ1) is 15.1. The number of methoxy groups -OCH3 is 2. The molecule has 0 unspecified atom stereocenters. The highest BCUT2D eigenvalue weighted by atomic mass is 32.2. The Bertz CT molecular complexity index is 1130. The van der Waals surface area contributed by atoms with Gasteiger partial charge < -0.3 is 20.1 Å². The number of ether oxygens (including phenoxy) is 2. The molecule has 2 aromatic carbocycles. The zero-order chi connectivity index (χ0) is 23.5. The van der Waals surface area contributed by atoms with Crippen molar-refractivity contribution in [2.75, 3.05) is 25.3 Å². The summed E-state index contributed by atoms with van der Waals surface area (Å²) in [6.45, 7) is 3.52. The van der Waals surface area contributed by atoms with E-state index in [0.717, 1.165) is 4.90 Å². The lowest BCUT2D eigenvalue weighted by Gasteiger charge is -2.22. The second kappa shape index (κ2) is 9.83. The van der Waals surface area contributed by atoms with Gasteiger partial charge >= 0.3 is 0 Å². The normalized spacial score (nSPS) is 16.5. The summed E-state index contributed by atoms with van der Waals surface area (Å²) >= 11 is 1.38. The van der Waals surface area contributed by atoms with Crippen molar-refractivity contribution in [3.8, 4) is 11.5 Å². The maximum atomic E-state index is 12.9. The highest BCUT2D eigenvalue weighted by molar-refractivity contribution is 8.01. The minimum Gasteiger partial charge on any atom is -0.497 e. The summed E-state index contributed by atoms with van der Waals surface area (Å²) in [5.74, 6) is -0.486. The van der Waals surface area contributed by atoms with Gasteiger partial charge in [-0.2, -0.15) is 0 Å². The summed E-state index contributed by atoms with van der Waals surface area (Å²) in [4.78, 5) is 25.4. The van der Waals surface area contributed by atoms with Gasteiger partial charge in [0.25, 0.3) is 0 Å². The van der Waals surface area contributed by atoms with Gasteiger partial charge in [0.2, 0.25) is 11.8 Å². The number of rotatable bonds is 8. The molecule has 3 rings (SSSR count). The predicted molar refractivity (Wildman–Crippen MR) is 123 cm³/mol. The number of anilines is 1. The Morgan fingerprint density at radius 3 is 2.62 bits per heavy atom. The Morgan fingerprint density at radius 1 is 1.19 bits per heavy atom. The van der Waals surface area contributed by atoms with Gasteiger partial charge in [0.05, 0.1) is 35.8 Å². The SMILES string of the molecule is COc1ccc(OC)c(CNC(=O)[C@@H](C)CS(=O)(=O)c2ccc3c(c2)NC(=O)[C@@H](C)S3)c1. The minimum atomic E-state index is -3.74. The number of amides is 2. The quantitative estimate of drug-likeness (QED) is 0.600. The Kier molecular flexibility index (Phi) is 7.35. The minimum absolute atomic E-state index is 0.0702. The van der Waals surface area contributed by atoms with Gasteiger partial charge in [-0.1, -0.05) is 6.92 Å². The van der Waals surface area contributed by atoms with E-state index in [1.807, 2.05) is 0 Å². The number of fused-ring (bicyclic) bond motifs is 1. The van der Waals surface area contributed by atoms with Crippen molar-refractivity contribution < 1.29 is 27.5 Å². The third kappa shape index (κ3) is 5.36. The fourth-order valence-electron chi connectivity index (χ4n) is 3.26. The molecule has 0 aromatic heterocycles. The lowest BCUT2D eigenvalue weighted by molar-refractivity contribution is -0.124. The van der Waals surface area contributed by atoms with E-state index in [1.54, 1.807) is 45.2 Å². The number of nitrogens with one attached hydrogen (secondary N) is 2. The lowest BCUT2D eigenvalue weighted by atomic mass is 10.1. The third-order valence-electron chi connectivity index (χ3n) is 5.10. The standard InChI is InChI=1S/C22H26N2O6S2/c1-13(21(25)23-11-15-9-16(29-3)5-7-19(15)30-4)12-32(27,28)17-6-8-20-18(10-17)24-22(26)14(2)31-20/h5-10,13-14H,11-12H2,1-4H3,(H,23,25)(H,24,26)/t13-,14+/m0/s1. The molecule has 1 aliphatic rings. The number of benzene rings is 2. The average Bonchev–Trinajstić information content (AvgIpc) is 2.77. The first-order valence-corrected chi connectivity index (χ1v) is 12.5. The highest BCUT2D eigenvalue weighted by Crippen LogP contribution is 2.37. The number of hydrogen-bond donors (Lipinski definition) is 2. The van der Waals surface area contributed by atoms with Crippen LogP contribution in [0.4, 0.5) is 5.69 Å². The van der Waals surface area contributed by atoms with Gasteiger partial charge in [0.15, 0.2) is 9.84 Å². The molecular formula is C22H26N2O6S2. The largest absolute Gasteiger partial charge is 0.497 e. The fourth-order valence-corrected chi connectivity index (χ4v) is 5.76. The lowest BCUT2D eigenvalue weighted by Crippen LogP contribution is -2.33. The first-order valence-electron chi connectivity index (χ1n) is 9.97. The second-order valence-electron chi connectivity index (χ2n) is 7.49. The molecule has 0 spiro atoms. The summed E-state index contributed by atoms with van der Waals surface area (Å²) in [6, 6.07) is 9.88. The number of thioether (sulfide) groups is 1. The monoisotopic (exact) mass is 478 g/mol. The molecule has 0 saturated carbocycles. The van der Waals surface area contributed by atoms with Gasteiger partial charge in [-0.05, 0) is 43.3 Å². The van der Waals surface area contributed by atoms with Crippen LogP contribution in [0.15, 0.2) is 46.2 Å². The van der Waals surface area contributed by atoms with E-state index in [0.29, 0.717) is 22.7 Å². The van der Waals surface area contributed by atoms with Crippen LogP contribution in [0.3, 0.4) is 0 Å². The molecule has 2 N–H and O–H groups in total. The second-order valence-corrected chi connectivity index (χ2v) is 10.9. The van der Waals surface area contributed by atoms with Crippen molar-refractivity contribution in [1.29, 1.82) is 0 Å². The molecule has 0 saturated heterocycles. The summed E-state index contributed by atoms with van der Waals surface area (Å²) in [5, 5.41) is 5.25. The molecule has 1 aliphatic heterocycles. The van der Waals surface area contributed by atoms with Gasteiger partial charge in [0, 0.05) is 22.9 Å². The van der Waals surface area contributed by atoms with Crippen LogP contribution in [0.5, 0.6) is 11.5 Å². The molecule has 1 heterocycles. The molecule has 8 nitrogen and oxygen atoms in total. The number of hydrogen-bond acceptors (Lipinski definition) is 7. The van der Waals surface area contributed by atoms with Crippen LogP contribution in [0.1, 0.15) is 19.4 Å². The number of carbonyl (C=O) groups excluding carboxylic acids is 2. The van der Waals surface area contributed by atoms with E-state index in [-0.39, 0.29) is 28.4 Å². The summed E-state index contributed by atoms with van der Waals surface area (Å²) in [6.07, 6.45) is 0. The van der Waals surface area contributed by atoms with Gasteiger partial charge in [-0.25, -0.2) is 8.42 Å². The number of sulfone groups is 1. The molecule has 0 fully saturated rings. The smallest absolute Gasteiger partial charge is 0.237 e. The van der Waals surface area contributed by atoms with Crippen molar-refractivity contribution in [3.05, 3.63) is 42.0 Å². The Hall–Kier alpha value is -2.72. The van der Waals surface area contributed by atoms with Crippen molar-refractivity contribution in [2.24, 2.45) is 5.92 Å². The van der Waals surface area contributed by atoms with Crippen LogP contribution in [0, 0.1) is 5.92 Å². The zero-order valence-corrected chi connectivity index (χ0v) is 19.9. The van der Waals surface area contributed by atoms with Gasteiger partial charge in [-0.3, -0.25) is 9.59 Å². The molecular weight excluding hydrogens is 452 g/mol. The third-order valence-corrected chi connectivity index (χ3v) is 8.19. The Labute approximate surface area is 192 Å². The highest BCUT2D eigenvalue weighted by Gasteiger charge is 2.27. The van der Waals surface area contributed by atoms with E-state index in [4.69, 9.17) is 9.47 Å². The maximum absolute atomic E-state index is 12.9. The van der Waals surface area contributed by atoms with Crippen LogP contribution in [-0.4, -0.2) is 45.5 Å². The van der Waals surface area contributed by atoms with Crippen LogP contribution in [0.25, 0.3) is 0 Å². The molecule has 0 bridgehead atoms. The molecule has 32 heavy (non-hydrogen) atoms. The predicted octanol–water partition coefficient (Wildman–Crippen LogP) is 2.86. The molecule has 0 radical (unpaired) electrons. The summed E-state index contributed by atoms with van der Waals surface area (Å²) in [5.41, 5.74) is 1.19. The average molecular weight is 479 g/mol. The maximum Gasteiger partial charge on any atom is 0.237 e. The van der Waals surface area contributed by atoms with Gasteiger partial charge in [-0.15, -0.1) is 11.8 Å². The number of carbonyl (C=O) groups is 2. The van der Waals surface area contributed by atoms with E-state index in [1.165, 1.54) is 31.0 Å². The summed E-state index contributed by atoms with van der Waals surface area (Å²) < 4.78 is 36.3. The Morgan fingerprint density at radius 2 is 1.94 bits per heavy atom. The van der Waals surface area contributed by atoms with E-state index in [9.17, 15) is 18.0 Å². The van der Waals surface area contributed by atoms with E-state index >= 15 is 0 Å². The molecule has 10 heteroatoms. The molecule has 0 aliphatic carbocycles. The van der Waals surface area contributed by atoms with Crippen molar-refractivity contribution in [2.45, 2.75) is 35.4 Å². The molecule has 2 aromatic rings. The van der Waals surface area contributed by atoms with E-state index < -0.39 is 21.7 Å². The van der Waals surface area contributed by atoms with Crippen LogP contribution < -0.4 is 20.1 Å². The van der Waals surface area contributed by atoms with Gasteiger partial charge in [0.1, 0.15) is 11.5 Å².